The highest BCUT2D eigenvalue weighted by Crippen LogP contribution is 2.29. The van der Waals surface area contributed by atoms with Gasteiger partial charge >= 0.3 is 0 Å². The van der Waals surface area contributed by atoms with Gasteiger partial charge < -0.3 is 14.8 Å². The number of ether oxygens (including phenoxy) is 2. The van der Waals surface area contributed by atoms with Crippen molar-refractivity contribution in [2.24, 2.45) is 0 Å². The summed E-state index contributed by atoms with van der Waals surface area (Å²) in [7, 11) is -3.92. The highest BCUT2D eigenvalue weighted by atomic mass is 35.5. The molecule has 0 unspecified atom stereocenters. The molecule has 0 saturated carbocycles. The van der Waals surface area contributed by atoms with E-state index in [1.165, 1.54) is 18.2 Å². The van der Waals surface area contributed by atoms with Crippen molar-refractivity contribution < 1.29 is 22.7 Å². The Bertz CT molecular complexity index is 1190. The van der Waals surface area contributed by atoms with Gasteiger partial charge in [0.1, 0.15) is 17.2 Å². The zero-order valence-electron chi connectivity index (χ0n) is 18.3. The van der Waals surface area contributed by atoms with Crippen LogP contribution in [0.3, 0.4) is 0 Å². The Morgan fingerprint density at radius 2 is 1.64 bits per heavy atom. The van der Waals surface area contributed by atoms with E-state index in [1.807, 2.05) is 37.3 Å². The normalized spacial score (nSPS) is 11.3. The van der Waals surface area contributed by atoms with Crippen LogP contribution in [0, 0.1) is 0 Å². The molecule has 1 amide bonds. The van der Waals surface area contributed by atoms with Crippen molar-refractivity contribution in [1.82, 2.24) is 4.31 Å². The van der Waals surface area contributed by atoms with Crippen LogP contribution < -0.4 is 14.8 Å². The first-order chi connectivity index (χ1) is 15.8. The van der Waals surface area contributed by atoms with Crippen LogP contribution in [0.15, 0.2) is 77.7 Å². The van der Waals surface area contributed by atoms with Crippen molar-refractivity contribution in [3.8, 4) is 17.2 Å². The topological polar surface area (TPSA) is 84.9 Å². The van der Waals surface area contributed by atoms with Crippen LogP contribution in [0.4, 0.5) is 5.69 Å². The number of sulfonamides is 1. The average Bonchev–Trinajstić information content (AvgIpc) is 2.80. The molecule has 0 fully saturated rings. The Kier molecular flexibility index (Phi) is 8.32. The number of benzene rings is 3. The molecule has 1 N–H and O–H groups in total. The largest absolute Gasteiger partial charge is 0.492 e. The van der Waals surface area contributed by atoms with Gasteiger partial charge in [0.15, 0.2) is 0 Å². The number of halogens is 1. The molecule has 0 heterocycles. The Balaban J connectivity index is 1.65. The molecule has 0 spiro atoms. The van der Waals surface area contributed by atoms with Crippen molar-refractivity contribution in [2.45, 2.75) is 18.7 Å². The number of hydrogen-bond acceptors (Lipinski definition) is 5. The van der Waals surface area contributed by atoms with Gasteiger partial charge in [0.05, 0.1) is 23.1 Å². The molecule has 33 heavy (non-hydrogen) atoms. The predicted molar refractivity (Wildman–Crippen MR) is 129 cm³/mol. The van der Waals surface area contributed by atoms with Crippen LogP contribution in [0.1, 0.15) is 13.8 Å². The second-order valence-electron chi connectivity index (χ2n) is 6.94. The SMILES string of the molecule is CCOc1ccc(S(=O)(=O)N(CC)CC(=O)Nc2ccc(Oc3ccccc3)cc2)cc1Cl. The first-order valence-corrected chi connectivity index (χ1v) is 12.2. The van der Waals surface area contributed by atoms with E-state index in [0.29, 0.717) is 29.5 Å². The summed E-state index contributed by atoms with van der Waals surface area (Å²) in [6, 6.07) is 20.4. The Labute approximate surface area is 198 Å². The Morgan fingerprint density at radius 3 is 2.24 bits per heavy atom. The molecule has 3 aromatic rings. The maximum Gasteiger partial charge on any atom is 0.243 e. The molecule has 174 valence electrons. The number of para-hydroxylation sites is 1. The van der Waals surface area contributed by atoms with Crippen molar-refractivity contribution in [1.29, 1.82) is 0 Å². The van der Waals surface area contributed by atoms with E-state index in [1.54, 1.807) is 31.2 Å². The van der Waals surface area contributed by atoms with Gasteiger partial charge in [-0.2, -0.15) is 4.31 Å². The minimum Gasteiger partial charge on any atom is -0.492 e. The molecule has 0 bridgehead atoms. The maximum absolute atomic E-state index is 13.0. The molecule has 9 heteroatoms. The summed E-state index contributed by atoms with van der Waals surface area (Å²) in [4.78, 5) is 12.5. The highest BCUT2D eigenvalue weighted by molar-refractivity contribution is 7.89. The molecule has 0 aromatic heterocycles. The molecule has 0 saturated heterocycles. The molecular weight excluding hydrogens is 464 g/mol. The fraction of sp³-hybridized carbons (Fsp3) is 0.208. The van der Waals surface area contributed by atoms with Gasteiger partial charge in [0.2, 0.25) is 15.9 Å². The van der Waals surface area contributed by atoms with E-state index in [4.69, 9.17) is 21.1 Å². The van der Waals surface area contributed by atoms with Gasteiger partial charge in [-0.05, 0) is 61.5 Å². The molecular formula is C24H25ClN2O5S. The predicted octanol–water partition coefficient (Wildman–Crippen LogP) is 5.18. The van der Waals surface area contributed by atoms with Crippen molar-refractivity contribution in [3.05, 3.63) is 77.8 Å². The standard InChI is InChI=1S/C24H25ClN2O5S/c1-3-27(33(29,30)21-14-15-23(31-4-2)22(25)16-21)17-24(28)26-18-10-12-20(13-11-18)32-19-8-6-5-7-9-19/h5-16H,3-4,17H2,1-2H3,(H,26,28). The molecule has 0 aliphatic heterocycles. The lowest BCUT2D eigenvalue weighted by Crippen LogP contribution is -2.37. The lowest BCUT2D eigenvalue weighted by atomic mass is 10.3. The summed E-state index contributed by atoms with van der Waals surface area (Å²) in [6.07, 6.45) is 0. The van der Waals surface area contributed by atoms with Crippen molar-refractivity contribution in [2.75, 3.05) is 25.0 Å². The number of hydrogen-bond donors (Lipinski definition) is 1. The van der Waals surface area contributed by atoms with Gasteiger partial charge in [-0.3, -0.25) is 4.79 Å². The summed E-state index contributed by atoms with van der Waals surface area (Å²) in [5.74, 6) is 1.25. The van der Waals surface area contributed by atoms with E-state index >= 15 is 0 Å². The van der Waals surface area contributed by atoms with Gasteiger partial charge in [-0.25, -0.2) is 8.42 Å². The van der Waals surface area contributed by atoms with Crippen molar-refractivity contribution in [3.63, 3.8) is 0 Å². The number of nitrogens with one attached hydrogen (secondary N) is 1. The average molecular weight is 489 g/mol. The zero-order valence-corrected chi connectivity index (χ0v) is 19.9. The van der Waals surface area contributed by atoms with Crippen molar-refractivity contribution >= 4 is 33.2 Å². The Hall–Kier alpha value is -3.07. The number of amides is 1. The molecule has 7 nitrogen and oxygen atoms in total. The van der Waals surface area contributed by atoms with Gasteiger partial charge in [0.25, 0.3) is 0 Å². The van der Waals surface area contributed by atoms with Crippen LogP contribution >= 0.6 is 11.6 Å². The minimum atomic E-state index is -3.92. The van der Waals surface area contributed by atoms with E-state index < -0.39 is 15.9 Å². The number of carbonyl (C=O) groups is 1. The molecule has 0 aliphatic rings. The summed E-state index contributed by atoms with van der Waals surface area (Å²) >= 11 is 6.14. The van der Waals surface area contributed by atoms with Crippen LogP contribution in [0.2, 0.25) is 5.02 Å². The fourth-order valence-electron chi connectivity index (χ4n) is 3.02. The van der Waals surface area contributed by atoms with Gasteiger partial charge in [-0.15, -0.1) is 0 Å². The van der Waals surface area contributed by atoms with E-state index in [-0.39, 0.29) is 23.0 Å². The second-order valence-corrected chi connectivity index (χ2v) is 9.29. The first kappa shape index (κ1) is 24.6. The summed E-state index contributed by atoms with van der Waals surface area (Å²) < 4.78 is 38.2. The van der Waals surface area contributed by atoms with Crippen LogP contribution in [-0.2, 0) is 14.8 Å². The number of anilines is 1. The second kappa shape index (κ2) is 11.2. The highest BCUT2D eigenvalue weighted by Gasteiger charge is 2.26. The van der Waals surface area contributed by atoms with E-state index in [9.17, 15) is 13.2 Å². The fourth-order valence-corrected chi connectivity index (χ4v) is 4.75. The summed E-state index contributed by atoms with van der Waals surface area (Å²) in [6.45, 7) is 3.65. The third-order valence-electron chi connectivity index (χ3n) is 4.63. The molecule has 0 aliphatic carbocycles. The monoisotopic (exact) mass is 488 g/mol. The number of nitrogens with zero attached hydrogens (tertiary/aromatic N) is 1. The maximum atomic E-state index is 13.0. The summed E-state index contributed by atoms with van der Waals surface area (Å²) in [5.41, 5.74) is 0.526. The Morgan fingerprint density at radius 1 is 0.970 bits per heavy atom. The molecule has 0 radical (unpaired) electrons. The minimum absolute atomic E-state index is 0.00647. The zero-order chi connectivity index (χ0) is 23.8. The third kappa shape index (κ3) is 6.47. The number of likely N-dealkylation sites (N-methyl/N-ethyl adjacent to an activating group) is 1. The third-order valence-corrected chi connectivity index (χ3v) is 6.84. The first-order valence-electron chi connectivity index (χ1n) is 10.4. The van der Waals surface area contributed by atoms with Gasteiger partial charge in [-0.1, -0.05) is 36.7 Å². The van der Waals surface area contributed by atoms with E-state index in [0.717, 1.165) is 4.31 Å². The molecule has 0 atom stereocenters. The van der Waals surface area contributed by atoms with Crippen LogP contribution in [-0.4, -0.2) is 38.3 Å². The van der Waals surface area contributed by atoms with E-state index in [2.05, 4.69) is 5.32 Å². The smallest absolute Gasteiger partial charge is 0.243 e. The van der Waals surface area contributed by atoms with Gasteiger partial charge in [0, 0.05) is 12.2 Å². The summed E-state index contributed by atoms with van der Waals surface area (Å²) in [5, 5.41) is 2.90. The van der Waals surface area contributed by atoms with Crippen LogP contribution in [0.5, 0.6) is 17.2 Å². The number of carbonyl (C=O) groups excluding carboxylic acids is 1. The molecule has 3 rings (SSSR count). The lowest BCUT2D eigenvalue weighted by Gasteiger charge is -2.20. The molecule has 3 aromatic carbocycles. The lowest BCUT2D eigenvalue weighted by molar-refractivity contribution is -0.116. The quantitative estimate of drug-likeness (QED) is 0.425. The number of rotatable bonds is 10. The van der Waals surface area contributed by atoms with Crippen LogP contribution in [0.25, 0.3) is 0 Å².